The molecule has 0 unspecified atom stereocenters. The lowest BCUT2D eigenvalue weighted by molar-refractivity contribution is -0.134. The number of rotatable bonds is 20. The third-order valence-electron chi connectivity index (χ3n) is 8.20. The molecule has 0 heterocycles. The van der Waals surface area contributed by atoms with Crippen LogP contribution in [0.25, 0.3) is 10.8 Å². The first-order chi connectivity index (χ1) is 25.2. The first-order valence-electron chi connectivity index (χ1n) is 17.1. The highest BCUT2D eigenvalue weighted by atomic mass is 127. The van der Waals surface area contributed by atoms with Gasteiger partial charge in [-0.1, -0.05) is 54.6 Å². The lowest BCUT2D eigenvalue weighted by Crippen LogP contribution is -2.58. The Morgan fingerprint density at radius 2 is 1.09 bits per heavy atom. The Hall–Kier alpha value is -5.46. The molecule has 0 fully saturated rings. The van der Waals surface area contributed by atoms with E-state index in [-0.39, 0.29) is 50.7 Å². The van der Waals surface area contributed by atoms with Crippen molar-refractivity contribution in [2.24, 2.45) is 17.2 Å². The maximum absolute atomic E-state index is 14.0. The Kier molecular flexibility index (Phi) is 16.7. The smallest absolute Gasteiger partial charge is 0.243 e. The standard InChI is InChI=1S/C36H48IN11O5/c1-21(49)45-27(8-4-16-43-35(39)40)32(51)46-28(9-5-17-44-36(41)42)33(52)48-30(19-22-11-14-26(37)15-12-22)34(53)47-29(31(38)50)20-23-10-13-24-6-2-3-7-25(24)18-23/h2-3,6-7,10-15,18,27-30H,4-5,8-9,16-17,19-20H2,1H3,(H2,38,50)(H,45,49)(H,46,51)(H,47,53)(H,48,52)(H4,39,40,43)(H4,41,42,44)/t27-,28-,29+,30+/m0/s1. The number of benzene rings is 3. The zero-order chi connectivity index (χ0) is 38.9. The van der Waals surface area contributed by atoms with Gasteiger partial charge in [0.1, 0.15) is 24.2 Å². The van der Waals surface area contributed by atoms with E-state index in [1.54, 1.807) is 0 Å². The van der Waals surface area contributed by atoms with Gasteiger partial charge in [0.15, 0.2) is 11.9 Å². The number of nitrogens with two attached hydrogens (primary N) is 3. The zero-order valence-electron chi connectivity index (χ0n) is 29.5. The second-order valence-electron chi connectivity index (χ2n) is 12.5. The average Bonchev–Trinajstić information content (AvgIpc) is 3.10. The Balaban J connectivity index is 1.85. The second-order valence-corrected chi connectivity index (χ2v) is 13.8. The lowest BCUT2D eigenvalue weighted by Gasteiger charge is -2.26. The van der Waals surface area contributed by atoms with E-state index in [2.05, 4.69) is 54.5 Å². The average molecular weight is 842 g/mol. The van der Waals surface area contributed by atoms with Crippen molar-refractivity contribution in [3.8, 4) is 0 Å². The molecule has 0 saturated carbocycles. The highest BCUT2D eigenvalue weighted by molar-refractivity contribution is 14.1. The van der Waals surface area contributed by atoms with E-state index in [0.29, 0.717) is 12.8 Å². The quantitative estimate of drug-likeness (QED) is 0.0320. The summed E-state index contributed by atoms with van der Waals surface area (Å²) in [7, 11) is 0. The van der Waals surface area contributed by atoms with Gasteiger partial charge >= 0.3 is 0 Å². The number of primary amides is 1. The number of guanidine groups is 2. The monoisotopic (exact) mass is 841 g/mol. The fraction of sp³-hybridized carbons (Fsp3) is 0.361. The molecule has 3 aromatic carbocycles. The molecule has 0 aliphatic rings. The maximum Gasteiger partial charge on any atom is 0.243 e. The van der Waals surface area contributed by atoms with Gasteiger partial charge in [0, 0.05) is 36.4 Å². The molecule has 14 N–H and O–H groups in total. The van der Waals surface area contributed by atoms with Crippen molar-refractivity contribution in [3.63, 3.8) is 0 Å². The van der Waals surface area contributed by atoms with Crippen molar-refractivity contribution in [2.45, 2.75) is 69.6 Å². The van der Waals surface area contributed by atoms with Crippen LogP contribution in [0.3, 0.4) is 0 Å². The molecule has 3 rings (SSSR count). The molecular weight excluding hydrogens is 793 g/mol. The first-order valence-corrected chi connectivity index (χ1v) is 18.1. The lowest BCUT2D eigenvalue weighted by atomic mass is 10.00. The minimum atomic E-state index is -1.18. The molecule has 5 amide bonds. The van der Waals surface area contributed by atoms with Crippen LogP contribution in [0.1, 0.15) is 43.7 Å². The maximum atomic E-state index is 14.0. The van der Waals surface area contributed by atoms with Crippen LogP contribution >= 0.6 is 22.6 Å². The van der Waals surface area contributed by atoms with E-state index in [0.717, 1.165) is 25.5 Å². The first kappa shape index (κ1) is 42.0. The van der Waals surface area contributed by atoms with Gasteiger partial charge in [-0.25, -0.2) is 0 Å². The van der Waals surface area contributed by atoms with Gasteiger partial charge in [-0.05, 0) is 82.3 Å². The van der Waals surface area contributed by atoms with Crippen LogP contribution in [0.5, 0.6) is 0 Å². The molecule has 0 aliphatic heterocycles. The number of carbonyl (C=O) groups is 5. The third kappa shape index (κ3) is 15.0. The summed E-state index contributed by atoms with van der Waals surface area (Å²) in [5, 5.41) is 32.8. The summed E-state index contributed by atoms with van der Waals surface area (Å²) in [4.78, 5) is 66.0. The van der Waals surface area contributed by atoms with Crippen LogP contribution in [-0.2, 0) is 36.8 Å². The second kappa shape index (κ2) is 21.2. The molecular formula is C36H48IN11O5. The van der Waals surface area contributed by atoms with E-state index in [1.807, 2.05) is 66.7 Å². The van der Waals surface area contributed by atoms with E-state index < -0.39 is 53.7 Å². The molecule has 3 aromatic rings. The third-order valence-corrected chi connectivity index (χ3v) is 8.92. The van der Waals surface area contributed by atoms with Crippen molar-refractivity contribution in [1.82, 2.24) is 31.9 Å². The van der Waals surface area contributed by atoms with Gasteiger partial charge < -0.3 is 49.1 Å². The van der Waals surface area contributed by atoms with Gasteiger partial charge in [0.05, 0.1) is 0 Å². The molecule has 4 atom stereocenters. The summed E-state index contributed by atoms with van der Waals surface area (Å²) in [5.41, 5.74) is 18.0. The van der Waals surface area contributed by atoms with Crippen molar-refractivity contribution in [2.75, 3.05) is 13.1 Å². The van der Waals surface area contributed by atoms with Crippen molar-refractivity contribution < 1.29 is 24.0 Å². The van der Waals surface area contributed by atoms with Crippen LogP contribution in [0, 0.1) is 14.4 Å². The minimum absolute atomic E-state index is 0.0557. The Morgan fingerprint density at radius 3 is 1.64 bits per heavy atom. The molecule has 0 spiro atoms. The number of hydrogen-bond donors (Lipinski definition) is 11. The van der Waals surface area contributed by atoms with Crippen molar-refractivity contribution >= 4 is 74.8 Å². The van der Waals surface area contributed by atoms with Gasteiger partial charge in [0.2, 0.25) is 29.5 Å². The fourth-order valence-corrected chi connectivity index (χ4v) is 5.91. The van der Waals surface area contributed by atoms with Crippen molar-refractivity contribution in [3.05, 3.63) is 81.4 Å². The Bertz CT molecular complexity index is 1770. The van der Waals surface area contributed by atoms with E-state index >= 15 is 0 Å². The van der Waals surface area contributed by atoms with Gasteiger partial charge in [-0.15, -0.1) is 0 Å². The van der Waals surface area contributed by atoms with Gasteiger partial charge in [-0.3, -0.25) is 34.8 Å². The molecule has 16 nitrogen and oxygen atoms in total. The summed E-state index contributed by atoms with van der Waals surface area (Å²) >= 11 is 2.16. The highest BCUT2D eigenvalue weighted by Crippen LogP contribution is 2.17. The Morgan fingerprint density at radius 1 is 0.623 bits per heavy atom. The number of amides is 5. The van der Waals surface area contributed by atoms with Crippen LogP contribution in [-0.4, -0.2) is 78.7 Å². The Labute approximate surface area is 321 Å². The minimum Gasteiger partial charge on any atom is -0.370 e. The number of hydrogen-bond acceptors (Lipinski definition) is 7. The summed E-state index contributed by atoms with van der Waals surface area (Å²) in [6.07, 6.45) is 1.10. The predicted molar refractivity (Wildman–Crippen MR) is 211 cm³/mol. The van der Waals surface area contributed by atoms with Crippen LogP contribution < -0.4 is 49.1 Å². The number of halogens is 1. The molecule has 0 bridgehead atoms. The number of nitrogens with one attached hydrogen (secondary N) is 8. The molecule has 0 radical (unpaired) electrons. The number of fused-ring (bicyclic) bond motifs is 1. The molecule has 17 heteroatoms. The SMILES string of the molecule is CC(=O)N[C@@H](CCCNC(=N)N)C(=O)N[C@@H](CCCNC(=N)N)C(=O)N[C@H](Cc1ccc(I)cc1)C(=O)N[C@H](Cc1ccc2ccccc2c1)C(N)=O. The van der Waals surface area contributed by atoms with Crippen LogP contribution in [0.2, 0.25) is 0 Å². The topological polar surface area (TPSA) is 283 Å². The molecule has 53 heavy (non-hydrogen) atoms. The summed E-state index contributed by atoms with van der Waals surface area (Å²) in [5.74, 6) is -3.68. The van der Waals surface area contributed by atoms with Gasteiger partial charge in [0.25, 0.3) is 0 Å². The molecule has 284 valence electrons. The van der Waals surface area contributed by atoms with E-state index in [1.165, 1.54) is 6.92 Å². The summed E-state index contributed by atoms with van der Waals surface area (Å²) in [6.45, 7) is 1.77. The van der Waals surface area contributed by atoms with Crippen LogP contribution in [0.4, 0.5) is 0 Å². The van der Waals surface area contributed by atoms with Gasteiger partial charge in [-0.2, -0.15) is 0 Å². The normalized spacial score (nSPS) is 13.0. The molecule has 0 aliphatic carbocycles. The van der Waals surface area contributed by atoms with E-state index in [4.69, 9.17) is 28.0 Å². The van der Waals surface area contributed by atoms with Crippen LogP contribution in [0.15, 0.2) is 66.7 Å². The highest BCUT2D eigenvalue weighted by Gasteiger charge is 2.31. The summed E-state index contributed by atoms with van der Waals surface area (Å²) in [6, 6.07) is 16.3. The molecule has 0 saturated heterocycles. The fourth-order valence-electron chi connectivity index (χ4n) is 5.55. The largest absolute Gasteiger partial charge is 0.370 e. The predicted octanol–water partition coefficient (Wildman–Crippen LogP) is 0.201. The summed E-state index contributed by atoms with van der Waals surface area (Å²) < 4.78 is 0.966. The molecule has 0 aromatic heterocycles. The van der Waals surface area contributed by atoms with E-state index in [9.17, 15) is 24.0 Å². The zero-order valence-corrected chi connectivity index (χ0v) is 31.6. The number of carbonyl (C=O) groups excluding carboxylic acids is 5. The van der Waals surface area contributed by atoms with Crippen molar-refractivity contribution in [1.29, 1.82) is 10.8 Å².